The zero-order chi connectivity index (χ0) is 20.8. The average molecular weight is 424 g/mol. The third-order valence-electron chi connectivity index (χ3n) is 4.76. The summed E-state index contributed by atoms with van der Waals surface area (Å²) in [6, 6.07) is 19.2. The van der Waals surface area contributed by atoms with E-state index in [0.717, 1.165) is 30.0 Å². The maximum atomic E-state index is 12.2. The molecule has 1 saturated heterocycles. The minimum Gasteiger partial charge on any atom is -0.482 e. The molecule has 7 heteroatoms. The number of nitrogens with zero attached hydrogens (tertiary/aromatic N) is 2. The Bertz CT molecular complexity index is 990. The van der Waals surface area contributed by atoms with E-state index in [9.17, 15) is 4.79 Å². The third-order valence-corrected chi connectivity index (χ3v) is 5.06. The van der Waals surface area contributed by atoms with E-state index in [1.54, 1.807) is 12.3 Å². The number of ether oxygens (including phenoxy) is 2. The molecule has 4 rings (SSSR count). The van der Waals surface area contributed by atoms with Crippen LogP contribution in [0.2, 0.25) is 5.02 Å². The van der Waals surface area contributed by atoms with Crippen molar-refractivity contribution in [1.82, 2.24) is 4.98 Å². The van der Waals surface area contributed by atoms with Gasteiger partial charge >= 0.3 is 0 Å². The van der Waals surface area contributed by atoms with Crippen molar-refractivity contribution < 1.29 is 14.3 Å². The quantitative estimate of drug-likeness (QED) is 0.642. The summed E-state index contributed by atoms with van der Waals surface area (Å²) in [5.41, 5.74) is 2.67. The number of carbonyl (C=O) groups excluding carboxylic acids is 1. The molecule has 0 unspecified atom stereocenters. The van der Waals surface area contributed by atoms with Crippen molar-refractivity contribution in [2.24, 2.45) is 0 Å². The molecule has 1 amide bonds. The zero-order valence-corrected chi connectivity index (χ0v) is 17.1. The van der Waals surface area contributed by atoms with Gasteiger partial charge in [0.05, 0.1) is 30.1 Å². The van der Waals surface area contributed by atoms with Crippen LogP contribution in [0.15, 0.2) is 66.9 Å². The first-order valence-corrected chi connectivity index (χ1v) is 10.1. The van der Waals surface area contributed by atoms with Crippen LogP contribution in [0.1, 0.15) is 0 Å². The van der Waals surface area contributed by atoms with Gasteiger partial charge in [0.2, 0.25) is 0 Å². The molecule has 0 aliphatic carbocycles. The highest BCUT2D eigenvalue weighted by Crippen LogP contribution is 2.30. The molecule has 0 radical (unpaired) electrons. The van der Waals surface area contributed by atoms with Gasteiger partial charge in [0, 0.05) is 13.1 Å². The normalized spacial score (nSPS) is 13.7. The summed E-state index contributed by atoms with van der Waals surface area (Å²) < 4.78 is 10.9. The van der Waals surface area contributed by atoms with Crippen molar-refractivity contribution in [3.05, 3.63) is 71.9 Å². The molecule has 2 aromatic carbocycles. The number of halogens is 1. The third kappa shape index (κ3) is 5.09. The number of aromatic nitrogens is 1. The maximum Gasteiger partial charge on any atom is 0.262 e. The van der Waals surface area contributed by atoms with E-state index in [4.69, 9.17) is 21.1 Å². The summed E-state index contributed by atoms with van der Waals surface area (Å²) in [6.45, 7) is 2.89. The van der Waals surface area contributed by atoms with Gasteiger partial charge in [0.15, 0.2) is 6.61 Å². The molecule has 2 heterocycles. The van der Waals surface area contributed by atoms with Crippen molar-refractivity contribution in [1.29, 1.82) is 0 Å². The Labute approximate surface area is 180 Å². The predicted octanol–water partition coefficient (Wildman–Crippen LogP) is 4.26. The van der Waals surface area contributed by atoms with E-state index < -0.39 is 0 Å². The summed E-state index contributed by atoms with van der Waals surface area (Å²) in [5, 5.41) is 3.25. The van der Waals surface area contributed by atoms with E-state index in [0.29, 0.717) is 29.7 Å². The van der Waals surface area contributed by atoms with Crippen LogP contribution in [-0.4, -0.2) is 43.8 Å². The van der Waals surface area contributed by atoms with Gasteiger partial charge in [-0.1, -0.05) is 48.0 Å². The Balaban J connectivity index is 1.31. The first-order chi connectivity index (χ1) is 14.7. The molecule has 1 aromatic heterocycles. The number of anilines is 2. The average Bonchev–Trinajstić information content (AvgIpc) is 2.80. The van der Waals surface area contributed by atoms with Crippen molar-refractivity contribution in [3.8, 4) is 16.9 Å². The molecule has 154 valence electrons. The van der Waals surface area contributed by atoms with Crippen LogP contribution >= 0.6 is 11.6 Å². The lowest BCUT2D eigenvalue weighted by molar-refractivity contribution is -0.118. The molecule has 0 saturated carbocycles. The molecule has 0 spiro atoms. The largest absolute Gasteiger partial charge is 0.482 e. The molecular weight excluding hydrogens is 402 g/mol. The highest BCUT2D eigenvalue weighted by Gasteiger charge is 2.13. The lowest BCUT2D eigenvalue weighted by Gasteiger charge is -2.27. The van der Waals surface area contributed by atoms with E-state index in [1.165, 1.54) is 0 Å². The van der Waals surface area contributed by atoms with Crippen LogP contribution < -0.4 is 15.0 Å². The lowest BCUT2D eigenvalue weighted by Crippen LogP contribution is -2.36. The minimum atomic E-state index is -0.279. The molecule has 0 bridgehead atoms. The first kappa shape index (κ1) is 20.2. The fraction of sp³-hybridized carbons (Fsp3) is 0.217. The lowest BCUT2D eigenvalue weighted by atomic mass is 10.1. The van der Waals surface area contributed by atoms with Crippen LogP contribution in [-0.2, 0) is 9.53 Å². The van der Waals surface area contributed by atoms with Crippen LogP contribution in [0.5, 0.6) is 5.75 Å². The SMILES string of the molecule is O=C(COc1ccc(-c2ccccc2)cc1Cl)Nc1ccc(N2CCOCC2)nc1. The maximum absolute atomic E-state index is 12.2. The van der Waals surface area contributed by atoms with Gasteiger partial charge in [-0.2, -0.15) is 0 Å². The van der Waals surface area contributed by atoms with Gasteiger partial charge in [0.25, 0.3) is 5.91 Å². The number of hydrogen-bond acceptors (Lipinski definition) is 5. The van der Waals surface area contributed by atoms with E-state index in [-0.39, 0.29) is 12.5 Å². The Morgan fingerprint density at radius 3 is 2.57 bits per heavy atom. The minimum absolute atomic E-state index is 0.143. The van der Waals surface area contributed by atoms with Gasteiger partial charge in [0.1, 0.15) is 11.6 Å². The van der Waals surface area contributed by atoms with E-state index >= 15 is 0 Å². The number of carbonyl (C=O) groups is 1. The van der Waals surface area contributed by atoms with Gasteiger partial charge < -0.3 is 19.7 Å². The Morgan fingerprint density at radius 2 is 1.87 bits per heavy atom. The Kier molecular flexibility index (Phi) is 6.47. The van der Waals surface area contributed by atoms with Crippen LogP contribution in [0.3, 0.4) is 0 Å². The molecule has 3 aromatic rings. The van der Waals surface area contributed by atoms with Gasteiger partial charge in [-0.3, -0.25) is 4.79 Å². The molecule has 0 atom stereocenters. The second kappa shape index (κ2) is 9.61. The number of benzene rings is 2. The summed E-state index contributed by atoms with van der Waals surface area (Å²) in [5.74, 6) is 1.06. The van der Waals surface area contributed by atoms with Crippen molar-refractivity contribution >= 4 is 29.0 Å². The van der Waals surface area contributed by atoms with Crippen molar-refractivity contribution in [3.63, 3.8) is 0 Å². The van der Waals surface area contributed by atoms with Crippen LogP contribution in [0.25, 0.3) is 11.1 Å². The molecule has 1 fully saturated rings. The van der Waals surface area contributed by atoms with Crippen LogP contribution in [0.4, 0.5) is 11.5 Å². The number of morpholine rings is 1. The molecule has 1 N–H and O–H groups in total. The summed E-state index contributed by atoms with van der Waals surface area (Å²) in [6.07, 6.45) is 1.64. The van der Waals surface area contributed by atoms with E-state index in [2.05, 4.69) is 15.2 Å². The molecular formula is C23H22ClN3O3. The molecule has 30 heavy (non-hydrogen) atoms. The Morgan fingerprint density at radius 1 is 1.07 bits per heavy atom. The smallest absolute Gasteiger partial charge is 0.262 e. The summed E-state index contributed by atoms with van der Waals surface area (Å²) >= 11 is 6.33. The molecule has 6 nitrogen and oxygen atoms in total. The number of nitrogens with one attached hydrogen (secondary N) is 1. The molecule has 1 aliphatic rings. The highest BCUT2D eigenvalue weighted by molar-refractivity contribution is 6.32. The summed E-state index contributed by atoms with van der Waals surface area (Å²) in [7, 11) is 0. The van der Waals surface area contributed by atoms with E-state index in [1.807, 2.05) is 54.6 Å². The number of amides is 1. The number of hydrogen-bond donors (Lipinski definition) is 1. The fourth-order valence-corrected chi connectivity index (χ4v) is 3.44. The number of pyridine rings is 1. The van der Waals surface area contributed by atoms with Gasteiger partial charge in [-0.25, -0.2) is 4.98 Å². The second-order valence-electron chi connectivity index (χ2n) is 6.85. The monoisotopic (exact) mass is 423 g/mol. The second-order valence-corrected chi connectivity index (χ2v) is 7.26. The number of rotatable bonds is 6. The topological polar surface area (TPSA) is 63.7 Å². The van der Waals surface area contributed by atoms with Crippen molar-refractivity contribution in [2.45, 2.75) is 0 Å². The van der Waals surface area contributed by atoms with Crippen molar-refractivity contribution in [2.75, 3.05) is 43.1 Å². The Hall–Kier alpha value is -3.09. The van der Waals surface area contributed by atoms with Crippen LogP contribution in [0, 0.1) is 0 Å². The zero-order valence-electron chi connectivity index (χ0n) is 16.4. The standard InChI is InChI=1S/C23H22ClN3O3/c24-20-14-18(17-4-2-1-3-5-17)6-8-21(20)30-16-23(28)26-19-7-9-22(25-15-19)27-10-12-29-13-11-27/h1-9,14-15H,10-13,16H2,(H,26,28). The predicted molar refractivity (Wildman–Crippen MR) is 118 cm³/mol. The first-order valence-electron chi connectivity index (χ1n) is 9.75. The van der Waals surface area contributed by atoms with Gasteiger partial charge in [-0.15, -0.1) is 0 Å². The highest BCUT2D eigenvalue weighted by atomic mass is 35.5. The van der Waals surface area contributed by atoms with Gasteiger partial charge in [-0.05, 0) is 35.4 Å². The fourth-order valence-electron chi connectivity index (χ4n) is 3.21. The molecule has 1 aliphatic heterocycles. The summed E-state index contributed by atoms with van der Waals surface area (Å²) in [4.78, 5) is 18.8.